The van der Waals surface area contributed by atoms with E-state index < -0.39 is 0 Å². The molecule has 0 spiro atoms. The van der Waals surface area contributed by atoms with Crippen LogP contribution in [0.25, 0.3) is 0 Å². The molecule has 4 aromatic rings. The Kier molecular flexibility index (Phi) is 5.40. The summed E-state index contributed by atoms with van der Waals surface area (Å²) in [6.07, 6.45) is 1.99. The average molecular weight is 410 g/mol. The molecule has 1 unspecified atom stereocenters. The Hall–Kier alpha value is -3.59. The van der Waals surface area contributed by atoms with Crippen molar-refractivity contribution in [2.45, 2.75) is 25.5 Å². The second kappa shape index (κ2) is 8.65. The lowest BCUT2D eigenvalue weighted by Crippen LogP contribution is -2.29. The third kappa shape index (κ3) is 4.17. The van der Waals surface area contributed by atoms with Crippen molar-refractivity contribution >= 4 is 11.4 Å². The van der Waals surface area contributed by atoms with Crippen molar-refractivity contribution in [1.82, 2.24) is 0 Å². The lowest BCUT2D eigenvalue weighted by molar-refractivity contribution is 0.306. The van der Waals surface area contributed by atoms with Crippen molar-refractivity contribution in [1.29, 1.82) is 0 Å². The molecule has 5 rings (SSSR count). The zero-order chi connectivity index (χ0) is 21.0. The van der Waals surface area contributed by atoms with Crippen LogP contribution >= 0.6 is 0 Å². The molecule has 3 heteroatoms. The highest BCUT2D eigenvalue weighted by Crippen LogP contribution is 2.43. The summed E-state index contributed by atoms with van der Waals surface area (Å²) in [5, 5.41) is 0. The molecule has 154 valence electrons. The number of hydrogen-bond donors (Lipinski definition) is 0. The fraction of sp³-hybridized carbons (Fsp3) is 0.143. The predicted molar refractivity (Wildman–Crippen MR) is 123 cm³/mol. The maximum atomic E-state index is 13.5. The molecule has 0 aliphatic carbocycles. The van der Waals surface area contributed by atoms with E-state index in [0.717, 1.165) is 35.4 Å². The summed E-state index contributed by atoms with van der Waals surface area (Å²) >= 11 is 0. The molecule has 1 atom stereocenters. The predicted octanol–water partition coefficient (Wildman–Crippen LogP) is 7.23. The summed E-state index contributed by atoms with van der Waals surface area (Å²) in [6.45, 7) is 0.547. The highest BCUT2D eigenvalue weighted by Gasteiger charge is 2.28. The number of ether oxygens (including phenoxy) is 1. The fourth-order valence-corrected chi connectivity index (χ4v) is 4.31. The SMILES string of the molecule is Fc1ccc(C2CCc3ccccc3N2c2ccc(OCc3ccccc3)cc2)cc1. The van der Waals surface area contributed by atoms with Crippen LogP contribution in [0.3, 0.4) is 0 Å². The molecule has 1 aliphatic rings. The average Bonchev–Trinajstić information content (AvgIpc) is 2.84. The van der Waals surface area contributed by atoms with Crippen LogP contribution < -0.4 is 9.64 Å². The number of para-hydroxylation sites is 1. The van der Waals surface area contributed by atoms with Crippen LogP contribution in [-0.2, 0) is 13.0 Å². The number of fused-ring (bicyclic) bond motifs is 1. The van der Waals surface area contributed by atoms with Gasteiger partial charge in [-0.3, -0.25) is 0 Å². The van der Waals surface area contributed by atoms with Crippen molar-refractivity contribution in [3.63, 3.8) is 0 Å². The van der Waals surface area contributed by atoms with E-state index in [4.69, 9.17) is 4.74 Å². The second-order valence-electron chi connectivity index (χ2n) is 7.87. The van der Waals surface area contributed by atoms with Gasteiger partial charge in [0, 0.05) is 11.4 Å². The maximum Gasteiger partial charge on any atom is 0.123 e. The lowest BCUT2D eigenvalue weighted by atomic mass is 9.90. The number of benzene rings is 4. The third-order valence-corrected chi connectivity index (χ3v) is 5.87. The van der Waals surface area contributed by atoms with E-state index >= 15 is 0 Å². The van der Waals surface area contributed by atoms with Crippen molar-refractivity contribution in [3.05, 3.63) is 126 Å². The van der Waals surface area contributed by atoms with Crippen molar-refractivity contribution in [2.75, 3.05) is 4.90 Å². The number of aryl methyl sites for hydroxylation is 1. The molecule has 0 saturated heterocycles. The molecule has 0 saturated carbocycles. The van der Waals surface area contributed by atoms with Gasteiger partial charge in [-0.25, -0.2) is 4.39 Å². The Morgan fingerprint density at radius 1 is 0.774 bits per heavy atom. The molecule has 0 bridgehead atoms. The monoisotopic (exact) mass is 409 g/mol. The number of hydrogen-bond acceptors (Lipinski definition) is 2. The molecule has 0 aromatic heterocycles. The molecule has 4 aromatic carbocycles. The van der Waals surface area contributed by atoms with Crippen LogP contribution in [0.5, 0.6) is 5.75 Å². The standard InChI is InChI=1S/C28H24FNO/c29-24-13-10-23(11-14-24)28-19-12-22-8-4-5-9-27(22)30(28)25-15-17-26(18-16-25)31-20-21-6-2-1-3-7-21/h1-11,13-18,28H,12,19-20H2. The zero-order valence-corrected chi connectivity index (χ0v) is 17.2. The molecule has 31 heavy (non-hydrogen) atoms. The van der Waals surface area contributed by atoms with Crippen molar-refractivity contribution < 1.29 is 9.13 Å². The van der Waals surface area contributed by atoms with Gasteiger partial charge in [-0.1, -0.05) is 60.7 Å². The molecule has 0 amide bonds. The first kappa shape index (κ1) is 19.4. The van der Waals surface area contributed by atoms with E-state index in [-0.39, 0.29) is 11.9 Å². The number of rotatable bonds is 5. The summed E-state index contributed by atoms with van der Waals surface area (Å²) in [5.74, 6) is 0.641. The van der Waals surface area contributed by atoms with Crippen molar-refractivity contribution in [2.24, 2.45) is 0 Å². The molecule has 1 aliphatic heterocycles. The minimum absolute atomic E-state index is 0.159. The smallest absolute Gasteiger partial charge is 0.123 e. The van der Waals surface area contributed by atoms with Crippen LogP contribution in [0.15, 0.2) is 103 Å². The minimum Gasteiger partial charge on any atom is -0.489 e. The summed E-state index contributed by atoms with van der Waals surface area (Å²) in [5.41, 5.74) is 5.92. The normalized spacial score (nSPS) is 15.4. The Morgan fingerprint density at radius 3 is 2.26 bits per heavy atom. The van der Waals surface area contributed by atoms with Crippen LogP contribution in [0.1, 0.15) is 29.2 Å². The topological polar surface area (TPSA) is 12.5 Å². The van der Waals surface area contributed by atoms with Crippen LogP contribution in [-0.4, -0.2) is 0 Å². The van der Waals surface area contributed by atoms with E-state index in [1.54, 1.807) is 12.1 Å². The van der Waals surface area contributed by atoms with E-state index in [1.807, 2.05) is 42.5 Å². The van der Waals surface area contributed by atoms with E-state index in [1.165, 1.54) is 11.3 Å². The van der Waals surface area contributed by atoms with Gasteiger partial charge in [0.2, 0.25) is 0 Å². The summed E-state index contributed by atoms with van der Waals surface area (Å²) in [7, 11) is 0. The van der Waals surface area contributed by atoms with Gasteiger partial charge in [0.25, 0.3) is 0 Å². The molecule has 0 fully saturated rings. The van der Waals surface area contributed by atoms with Crippen LogP contribution in [0, 0.1) is 5.82 Å². The first-order chi connectivity index (χ1) is 15.3. The van der Waals surface area contributed by atoms with Gasteiger partial charge < -0.3 is 9.64 Å². The fourth-order valence-electron chi connectivity index (χ4n) is 4.31. The molecule has 2 nitrogen and oxygen atoms in total. The summed E-state index contributed by atoms with van der Waals surface area (Å²) < 4.78 is 19.5. The lowest BCUT2D eigenvalue weighted by Gasteiger charge is -2.39. The van der Waals surface area contributed by atoms with Gasteiger partial charge in [0.15, 0.2) is 0 Å². The molecule has 0 N–H and O–H groups in total. The largest absolute Gasteiger partial charge is 0.489 e. The zero-order valence-electron chi connectivity index (χ0n) is 17.2. The summed E-state index contributed by atoms with van der Waals surface area (Å²) in [6, 6.07) is 34.0. The Labute approximate surface area is 182 Å². The van der Waals surface area contributed by atoms with E-state index in [0.29, 0.717) is 6.61 Å². The highest BCUT2D eigenvalue weighted by molar-refractivity contribution is 5.70. The van der Waals surface area contributed by atoms with E-state index in [2.05, 4.69) is 53.4 Å². The molecule has 0 radical (unpaired) electrons. The van der Waals surface area contributed by atoms with Gasteiger partial charge >= 0.3 is 0 Å². The number of anilines is 2. The summed E-state index contributed by atoms with van der Waals surface area (Å²) in [4.78, 5) is 2.37. The quantitative estimate of drug-likeness (QED) is 0.345. The van der Waals surface area contributed by atoms with Gasteiger partial charge in [-0.15, -0.1) is 0 Å². The first-order valence-corrected chi connectivity index (χ1v) is 10.7. The number of halogens is 1. The minimum atomic E-state index is -0.202. The van der Waals surface area contributed by atoms with Gasteiger partial charge in [0.05, 0.1) is 6.04 Å². The molecular formula is C28H24FNO. The van der Waals surface area contributed by atoms with Crippen LogP contribution in [0.2, 0.25) is 0 Å². The Balaban J connectivity index is 1.44. The Bertz CT molecular complexity index is 1140. The Morgan fingerprint density at radius 2 is 1.48 bits per heavy atom. The maximum absolute atomic E-state index is 13.5. The van der Waals surface area contributed by atoms with Gasteiger partial charge in [-0.05, 0) is 72.0 Å². The second-order valence-corrected chi connectivity index (χ2v) is 7.87. The van der Waals surface area contributed by atoms with Crippen LogP contribution in [0.4, 0.5) is 15.8 Å². The molecule has 1 heterocycles. The third-order valence-electron chi connectivity index (χ3n) is 5.87. The van der Waals surface area contributed by atoms with Gasteiger partial charge in [-0.2, -0.15) is 0 Å². The van der Waals surface area contributed by atoms with Crippen molar-refractivity contribution in [3.8, 4) is 5.75 Å². The highest BCUT2D eigenvalue weighted by atomic mass is 19.1. The van der Waals surface area contributed by atoms with Gasteiger partial charge in [0.1, 0.15) is 18.2 Å². The van der Waals surface area contributed by atoms with E-state index in [9.17, 15) is 4.39 Å². The first-order valence-electron chi connectivity index (χ1n) is 10.7. The number of nitrogens with zero attached hydrogens (tertiary/aromatic N) is 1. The molecular weight excluding hydrogens is 385 g/mol.